The van der Waals surface area contributed by atoms with Gasteiger partial charge in [-0.1, -0.05) is 23.7 Å². The van der Waals surface area contributed by atoms with Crippen LogP contribution >= 0.6 is 11.6 Å². The number of amides is 1. The van der Waals surface area contributed by atoms with Crippen molar-refractivity contribution in [1.82, 2.24) is 0 Å². The van der Waals surface area contributed by atoms with Crippen LogP contribution in [0, 0.1) is 10.1 Å². The molecule has 0 spiro atoms. The first kappa shape index (κ1) is 16.1. The van der Waals surface area contributed by atoms with Gasteiger partial charge in [0.25, 0.3) is 11.6 Å². The van der Waals surface area contributed by atoms with E-state index >= 15 is 0 Å². The van der Waals surface area contributed by atoms with Crippen molar-refractivity contribution in [2.75, 3.05) is 11.4 Å². The van der Waals surface area contributed by atoms with Gasteiger partial charge in [0, 0.05) is 30.7 Å². The molecule has 6 nitrogen and oxygen atoms in total. The average Bonchev–Trinajstić information content (AvgIpc) is 2.74. The molecule has 1 aliphatic heterocycles. The van der Waals surface area contributed by atoms with Crippen LogP contribution in [0.3, 0.4) is 0 Å². The summed E-state index contributed by atoms with van der Waals surface area (Å²) < 4.78 is 0. The molecule has 1 amide bonds. The van der Waals surface area contributed by atoms with Crippen LogP contribution in [-0.2, 0) is 0 Å². The fraction of sp³-hybridized carbons (Fsp3) is 0.176. The van der Waals surface area contributed by atoms with Gasteiger partial charge in [-0.05, 0) is 24.6 Å². The highest BCUT2D eigenvalue weighted by Crippen LogP contribution is 2.30. The van der Waals surface area contributed by atoms with E-state index in [2.05, 4.69) is 0 Å². The van der Waals surface area contributed by atoms with Gasteiger partial charge in [-0.2, -0.15) is 0 Å². The minimum atomic E-state index is -0.569. The lowest BCUT2D eigenvalue weighted by Gasteiger charge is -2.23. The Morgan fingerprint density at radius 1 is 1.21 bits per heavy atom. The zero-order valence-corrected chi connectivity index (χ0v) is 13.3. The molecule has 0 saturated heterocycles. The van der Waals surface area contributed by atoms with Crippen LogP contribution in [0.5, 0.6) is 0 Å². The molecule has 1 heterocycles. The average molecular weight is 345 g/mol. The number of fused-ring (bicyclic) bond motifs is 1. The highest BCUT2D eigenvalue weighted by molar-refractivity contribution is 6.34. The first-order valence-corrected chi connectivity index (χ1v) is 7.75. The Balaban J connectivity index is 2.02. The number of hydrogen-bond donors (Lipinski definition) is 0. The van der Waals surface area contributed by atoms with Gasteiger partial charge in [0.05, 0.1) is 21.2 Å². The second kappa shape index (κ2) is 6.41. The molecule has 0 radical (unpaired) electrons. The Kier molecular flexibility index (Phi) is 4.31. The van der Waals surface area contributed by atoms with E-state index in [0.29, 0.717) is 30.6 Å². The molecule has 0 atom stereocenters. The molecule has 0 aromatic heterocycles. The van der Waals surface area contributed by atoms with Gasteiger partial charge in [0.2, 0.25) is 0 Å². The second-order valence-corrected chi connectivity index (χ2v) is 5.83. The molecule has 1 aliphatic rings. The number of Topliss-reactive ketones (excluding diaryl/α,β-unsaturated/α-hetero) is 1. The molecule has 0 bridgehead atoms. The Morgan fingerprint density at radius 2 is 1.96 bits per heavy atom. The maximum absolute atomic E-state index is 12.9. The number of ketones is 1. The van der Waals surface area contributed by atoms with E-state index in [1.54, 1.807) is 24.3 Å². The Bertz CT molecular complexity index is 850. The molecular formula is C17H13ClN2O4. The first-order chi connectivity index (χ1) is 11.5. The minimum absolute atomic E-state index is 0.00398. The number of non-ortho nitro benzene ring substituents is 1. The van der Waals surface area contributed by atoms with Crippen LogP contribution in [0.2, 0.25) is 5.02 Å². The molecule has 2 aromatic rings. The number of carbonyl (C=O) groups is 2. The monoisotopic (exact) mass is 344 g/mol. The molecule has 24 heavy (non-hydrogen) atoms. The first-order valence-electron chi connectivity index (χ1n) is 7.37. The number of nitro benzene ring substituents is 1. The molecule has 0 unspecified atom stereocenters. The van der Waals surface area contributed by atoms with Gasteiger partial charge < -0.3 is 4.90 Å². The van der Waals surface area contributed by atoms with Crippen molar-refractivity contribution in [3.8, 4) is 0 Å². The lowest BCUT2D eigenvalue weighted by Crippen LogP contribution is -2.32. The van der Waals surface area contributed by atoms with Crippen molar-refractivity contribution in [3.63, 3.8) is 0 Å². The lowest BCUT2D eigenvalue weighted by molar-refractivity contribution is -0.384. The van der Waals surface area contributed by atoms with Gasteiger partial charge in [-0.25, -0.2) is 0 Å². The number of carbonyl (C=O) groups excluding carboxylic acids is 2. The number of nitrogens with zero attached hydrogens (tertiary/aromatic N) is 2. The van der Waals surface area contributed by atoms with E-state index in [-0.39, 0.29) is 28.0 Å². The third-order valence-electron chi connectivity index (χ3n) is 3.92. The van der Waals surface area contributed by atoms with Crippen LogP contribution in [0.15, 0.2) is 42.5 Å². The number of hydrogen-bond acceptors (Lipinski definition) is 4. The molecule has 0 aliphatic carbocycles. The number of nitro groups is 1. The third kappa shape index (κ3) is 2.88. The van der Waals surface area contributed by atoms with Crippen LogP contribution < -0.4 is 4.90 Å². The largest absolute Gasteiger partial charge is 0.308 e. The highest BCUT2D eigenvalue weighted by Gasteiger charge is 2.27. The van der Waals surface area contributed by atoms with Crippen LogP contribution in [0.25, 0.3) is 0 Å². The number of rotatable bonds is 2. The van der Waals surface area contributed by atoms with Gasteiger partial charge >= 0.3 is 0 Å². The van der Waals surface area contributed by atoms with E-state index in [0.717, 1.165) is 6.07 Å². The van der Waals surface area contributed by atoms with Crippen molar-refractivity contribution in [2.24, 2.45) is 0 Å². The molecule has 2 aromatic carbocycles. The third-order valence-corrected chi connectivity index (χ3v) is 4.23. The molecule has 0 N–H and O–H groups in total. The minimum Gasteiger partial charge on any atom is -0.308 e. The summed E-state index contributed by atoms with van der Waals surface area (Å²) in [6.07, 6.45) is 0.915. The topological polar surface area (TPSA) is 80.5 Å². The van der Waals surface area contributed by atoms with E-state index in [1.807, 2.05) is 0 Å². The quantitative estimate of drug-likeness (QED) is 0.611. The standard InChI is InChI=1S/C17H13ClN2O4/c18-14-10-11(20(23)24)7-8-12(14)17(22)19-9-3-6-16(21)13-4-1-2-5-15(13)19/h1-2,4-5,7-8,10H,3,6,9H2. The Labute approximate surface area is 142 Å². The number of anilines is 1. The fourth-order valence-electron chi connectivity index (χ4n) is 2.75. The van der Waals surface area contributed by atoms with Gasteiger partial charge in [0.1, 0.15) is 0 Å². The maximum atomic E-state index is 12.9. The SMILES string of the molecule is O=C1CCCN(C(=O)c2ccc([N+](=O)[O-])cc2Cl)c2ccccc21. The highest BCUT2D eigenvalue weighted by atomic mass is 35.5. The van der Waals surface area contributed by atoms with Crippen molar-refractivity contribution in [3.05, 3.63) is 68.7 Å². The second-order valence-electron chi connectivity index (χ2n) is 5.42. The smallest absolute Gasteiger partial charge is 0.270 e. The van der Waals surface area contributed by atoms with E-state index in [9.17, 15) is 19.7 Å². The number of benzene rings is 2. The molecule has 0 fully saturated rings. The van der Waals surface area contributed by atoms with E-state index in [1.165, 1.54) is 17.0 Å². The van der Waals surface area contributed by atoms with Crippen molar-refractivity contribution in [2.45, 2.75) is 12.8 Å². The zero-order valence-electron chi connectivity index (χ0n) is 12.6. The Hall–Kier alpha value is -2.73. The van der Waals surface area contributed by atoms with Gasteiger partial charge in [-0.15, -0.1) is 0 Å². The predicted molar refractivity (Wildman–Crippen MR) is 89.8 cm³/mol. The summed E-state index contributed by atoms with van der Waals surface area (Å²) in [5.74, 6) is -0.382. The summed E-state index contributed by atoms with van der Waals surface area (Å²) in [6, 6.07) is 10.7. The predicted octanol–water partition coefficient (Wildman–Crippen LogP) is 3.87. The van der Waals surface area contributed by atoms with Gasteiger partial charge in [-0.3, -0.25) is 19.7 Å². The van der Waals surface area contributed by atoms with Gasteiger partial charge in [0.15, 0.2) is 5.78 Å². The summed E-state index contributed by atoms with van der Waals surface area (Å²) in [5, 5.41) is 10.8. The zero-order chi connectivity index (χ0) is 17.3. The fourth-order valence-corrected chi connectivity index (χ4v) is 3.00. The summed E-state index contributed by atoms with van der Waals surface area (Å²) >= 11 is 6.07. The maximum Gasteiger partial charge on any atom is 0.270 e. The molecule has 3 rings (SSSR count). The number of halogens is 1. The van der Waals surface area contributed by atoms with E-state index in [4.69, 9.17) is 11.6 Å². The molecule has 122 valence electrons. The summed E-state index contributed by atoms with van der Waals surface area (Å²) in [4.78, 5) is 36.8. The van der Waals surface area contributed by atoms with Crippen LogP contribution in [0.4, 0.5) is 11.4 Å². The van der Waals surface area contributed by atoms with Crippen LogP contribution in [0.1, 0.15) is 33.6 Å². The van der Waals surface area contributed by atoms with Crippen molar-refractivity contribution < 1.29 is 14.5 Å². The normalized spacial score (nSPS) is 14.0. The van der Waals surface area contributed by atoms with Crippen molar-refractivity contribution in [1.29, 1.82) is 0 Å². The molecule has 7 heteroatoms. The number of para-hydroxylation sites is 1. The van der Waals surface area contributed by atoms with Crippen LogP contribution in [-0.4, -0.2) is 23.2 Å². The van der Waals surface area contributed by atoms with E-state index < -0.39 is 4.92 Å². The Morgan fingerprint density at radius 3 is 2.67 bits per heavy atom. The van der Waals surface area contributed by atoms with Crippen molar-refractivity contribution >= 4 is 34.7 Å². The summed E-state index contributed by atoms with van der Waals surface area (Å²) in [7, 11) is 0. The summed E-state index contributed by atoms with van der Waals surface area (Å²) in [5.41, 5.74) is 1.04. The summed E-state index contributed by atoms with van der Waals surface area (Å²) in [6.45, 7) is 0.384. The molecule has 0 saturated carbocycles. The lowest BCUT2D eigenvalue weighted by atomic mass is 10.1. The molecular weight excluding hydrogens is 332 g/mol.